The first-order valence-electron chi connectivity index (χ1n) is 4.65. The Hall–Kier alpha value is -0.510. The predicted octanol–water partition coefficient (Wildman–Crippen LogP) is 1.20. The number of fused-ring (bicyclic) bond motifs is 1. The molecule has 0 aromatic carbocycles. The van der Waals surface area contributed by atoms with E-state index < -0.39 is 0 Å². The van der Waals surface area contributed by atoms with Crippen LogP contribution in [0, 0.1) is 11.8 Å². The summed E-state index contributed by atoms with van der Waals surface area (Å²) in [5.41, 5.74) is 1.09. The molecule has 2 rings (SSSR count). The van der Waals surface area contributed by atoms with E-state index in [0.29, 0.717) is 5.92 Å². The van der Waals surface area contributed by atoms with Crippen LogP contribution >= 0.6 is 11.8 Å². The Morgan fingerprint density at radius 1 is 1.69 bits per heavy atom. The van der Waals surface area contributed by atoms with E-state index in [1.165, 1.54) is 0 Å². The van der Waals surface area contributed by atoms with Crippen molar-refractivity contribution in [3.05, 3.63) is 0 Å². The molecule has 1 saturated heterocycles. The molecule has 0 radical (unpaired) electrons. The Bertz CT molecular complexity index is 262. The van der Waals surface area contributed by atoms with E-state index >= 15 is 0 Å². The quantitative estimate of drug-likeness (QED) is 0.668. The third-order valence-electron chi connectivity index (χ3n) is 2.28. The summed E-state index contributed by atoms with van der Waals surface area (Å²) in [5.74, 6) is 2.72. The minimum Gasteiger partial charge on any atom is -0.272 e. The van der Waals surface area contributed by atoms with E-state index in [-0.39, 0.29) is 11.8 Å². The standard InChI is InChI=1S/C9H14N2OS/c1-6(2)3-11-9(12)7-4-13-5-8(7)10-11/h6-7H,3-5H2,1-2H3. The molecule has 2 heterocycles. The lowest BCUT2D eigenvalue weighted by atomic mass is 10.1. The first-order chi connectivity index (χ1) is 6.18. The van der Waals surface area contributed by atoms with Crippen LogP contribution < -0.4 is 0 Å². The highest BCUT2D eigenvalue weighted by Crippen LogP contribution is 2.28. The van der Waals surface area contributed by atoms with Crippen LogP contribution in [0.4, 0.5) is 0 Å². The maximum atomic E-state index is 11.7. The smallest absolute Gasteiger partial charge is 0.252 e. The van der Waals surface area contributed by atoms with Gasteiger partial charge in [0.05, 0.1) is 11.6 Å². The molecule has 0 spiro atoms. The second-order valence-corrected chi connectivity index (χ2v) is 5.00. The summed E-state index contributed by atoms with van der Waals surface area (Å²) in [4.78, 5) is 11.7. The number of hydrogen-bond donors (Lipinski definition) is 0. The number of nitrogens with zero attached hydrogens (tertiary/aromatic N) is 2. The Balaban J connectivity index is 2.08. The highest BCUT2D eigenvalue weighted by atomic mass is 32.2. The molecule has 2 aliphatic rings. The van der Waals surface area contributed by atoms with Gasteiger partial charge in [0.2, 0.25) is 0 Å². The monoisotopic (exact) mass is 198 g/mol. The van der Waals surface area contributed by atoms with E-state index in [1.807, 2.05) is 11.8 Å². The van der Waals surface area contributed by atoms with Gasteiger partial charge in [0.25, 0.3) is 5.91 Å². The molecule has 1 unspecified atom stereocenters. The number of thioether (sulfide) groups is 1. The molecular weight excluding hydrogens is 184 g/mol. The second-order valence-electron chi connectivity index (χ2n) is 3.97. The minimum absolute atomic E-state index is 0.115. The molecule has 0 saturated carbocycles. The molecule has 4 heteroatoms. The highest BCUT2D eigenvalue weighted by Gasteiger charge is 2.38. The fourth-order valence-electron chi connectivity index (χ4n) is 1.65. The fraction of sp³-hybridized carbons (Fsp3) is 0.778. The van der Waals surface area contributed by atoms with Crippen molar-refractivity contribution in [3.63, 3.8) is 0 Å². The van der Waals surface area contributed by atoms with Crippen LogP contribution in [0.1, 0.15) is 13.8 Å². The minimum atomic E-state index is 0.115. The molecule has 1 atom stereocenters. The Kier molecular flexibility index (Phi) is 2.32. The summed E-state index contributed by atoms with van der Waals surface area (Å²) in [6.07, 6.45) is 0. The SMILES string of the molecule is CC(C)CN1N=C2CSCC2C1=O. The van der Waals surface area contributed by atoms with Gasteiger partial charge < -0.3 is 0 Å². The molecule has 0 N–H and O–H groups in total. The summed E-state index contributed by atoms with van der Waals surface area (Å²) in [5, 5.41) is 6.01. The molecule has 72 valence electrons. The first-order valence-corrected chi connectivity index (χ1v) is 5.80. The number of carbonyl (C=O) groups is 1. The summed E-state index contributed by atoms with van der Waals surface area (Å²) >= 11 is 1.81. The van der Waals surface area contributed by atoms with Crippen molar-refractivity contribution < 1.29 is 4.79 Å². The fourth-order valence-corrected chi connectivity index (χ4v) is 2.81. The first kappa shape index (κ1) is 9.06. The van der Waals surface area contributed by atoms with Crippen molar-refractivity contribution in [3.8, 4) is 0 Å². The lowest BCUT2D eigenvalue weighted by molar-refractivity contribution is -0.131. The van der Waals surface area contributed by atoms with E-state index in [2.05, 4.69) is 18.9 Å². The average Bonchev–Trinajstić information content (AvgIpc) is 2.56. The molecule has 0 bridgehead atoms. The topological polar surface area (TPSA) is 32.7 Å². The van der Waals surface area contributed by atoms with Crippen LogP contribution in [-0.2, 0) is 4.79 Å². The van der Waals surface area contributed by atoms with Gasteiger partial charge in [0.15, 0.2) is 0 Å². The van der Waals surface area contributed by atoms with Crippen molar-refractivity contribution in [2.75, 3.05) is 18.1 Å². The molecule has 3 nitrogen and oxygen atoms in total. The predicted molar refractivity (Wildman–Crippen MR) is 54.8 cm³/mol. The van der Waals surface area contributed by atoms with Crippen LogP contribution in [0.2, 0.25) is 0 Å². The molecule has 0 aliphatic carbocycles. The van der Waals surface area contributed by atoms with Gasteiger partial charge in [-0.3, -0.25) is 4.79 Å². The van der Waals surface area contributed by atoms with Gasteiger partial charge in [-0.25, -0.2) is 5.01 Å². The van der Waals surface area contributed by atoms with Gasteiger partial charge in [0, 0.05) is 18.1 Å². The molecule has 1 fully saturated rings. The van der Waals surface area contributed by atoms with Crippen molar-refractivity contribution >= 4 is 23.4 Å². The Morgan fingerprint density at radius 3 is 3.08 bits per heavy atom. The molecular formula is C9H14N2OS. The summed E-state index contributed by atoms with van der Waals surface area (Å²) in [7, 11) is 0. The zero-order valence-electron chi connectivity index (χ0n) is 7.99. The van der Waals surface area contributed by atoms with Gasteiger partial charge >= 0.3 is 0 Å². The number of hydrazone groups is 1. The normalized spacial score (nSPS) is 27.0. The Labute approximate surface area is 82.6 Å². The molecule has 13 heavy (non-hydrogen) atoms. The van der Waals surface area contributed by atoms with Crippen LogP contribution in [0.5, 0.6) is 0 Å². The van der Waals surface area contributed by atoms with Crippen molar-refractivity contribution in [2.24, 2.45) is 16.9 Å². The van der Waals surface area contributed by atoms with Gasteiger partial charge in [-0.15, -0.1) is 0 Å². The van der Waals surface area contributed by atoms with E-state index in [0.717, 1.165) is 23.8 Å². The summed E-state index contributed by atoms with van der Waals surface area (Å²) in [6, 6.07) is 0. The van der Waals surface area contributed by atoms with Gasteiger partial charge in [-0.2, -0.15) is 16.9 Å². The van der Waals surface area contributed by atoms with Crippen molar-refractivity contribution in [1.29, 1.82) is 0 Å². The molecule has 1 amide bonds. The van der Waals surface area contributed by atoms with E-state index in [1.54, 1.807) is 5.01 Å². The van der Waals surface area contributed by atoms with Crippen molar-refractivity contribution in [2.45, 2.75) is 13.8 Å². The zero-order chi connectivity index (χ0) is 9.42. The van der Waals surface area contributed by atoms with Crippen LogP contribution in [-0.4, -0.2) is 34.7 Å². The summed E-state index contributed by atoms with van der Waals surface area (Å²) in [6.45, 7) is 4.98. The van der Waals surface area contributed by atoms with Gasteiger partial charge in [-0.05, 0) is 5.92 Å². The number of rotatable bonds is 2. The maximum Gasteiger partial charge on any atom is 0.252 e. The average molecular weight is 198 g/mol. The molecule has 0 aromatic rings. The lowest BCUT2D eigenvalue weighted by Gasteiger charge is -2.15. The van der Waals surface area contributed by atoms with Gasteiger partial charge in [0.1, 0.15) is 0 Å². The van der Waals surface area contributed by atoms with Gasteiger partial charge in [-0.1, -0.05) is 13.8 Å². The van der Waals surface area contributed by atoms with E-state index in [9.17, 15) is 4.79 Å². The molecule has 2 aliphatic heterocycles. The number of carbonyl (C=O) groups excluding carboxylic acids is 1. The van der Waals surface area contributed by atoms with Crippen LogP contribution in [0.15, 0.2) is 5.10 Å². The van der Waals surface area contributed by atoms with E-state index in [4.69, 9.17) is 0 Å². The lowest BCUT2D eigenvalue weighted by Crippen LogP contribution is -2.30. The van der Waals surface area contributed by atoms with Crippen LogP contribution in [0.3, 0.4) is 0 Å². The second kappa shape index (κ2) is 3.33. The zero-order valence-corrected chi connectivity index (χ0v) is 8.80. The summed E-state index contributed by atoms with van der Waals surface area (Å²) < 4.78 is 0. The maximum absolute atomic E-state index is 11.7. The number of amides is 1. The highest BCUT2D eigenvalue weighted by molar-refractivity contribution is 8.00. The third kappa shape index (κ3) is 1.59. The number of hydrogen-bond acceptors (Lipinski definition) is 3. The van der Waals surface area contributed by atoms with Crippen LogP contribution in [0.25, 0.3) is 0 Å². The largest absolute Gasteiger partial charge is 0.272 e. The Morgan fingerprint density at radius 2 is 2.46 bits per heavy atom. The molecule has 0 aromatic heterocycles. The third-order valence-corrected chi connectivity index (χ3v) is 3.35. The van der Waals surface area contributed by atoms with Crippen molar-refractivity contribution in [1.82, 2.24) is 5.01 Å².